The molecule has 1 aliphatic heterocycles. The zero-order chi connectivity index (χ0) is 16.7. The summed E-state index contributed by atoms with van der Waals surface area (Å²) in [6.45, 7) is 0.663. The SMILES string of the molecule is Cn1nccc1C(=O)N1CCCC[C@H]1c1cc(=O)n2ccnc2[nH]1. The number of carbonyl (C=O) groups is 1. The van der Waals surface area contributed by atoms with Gasteiger partial charge in [-0.05, 0) is 25.3 Å². The Morgan fingerprint density at radius 3 is 3.00 bits per heavy atom. The molecule has 8 nitrogen and oxygen atoms in total. The second-order valence-corrected chi connectivity index (χ2v) is 6.03. The monoisotopic (exact) mass is 326 g/mol. The van der Waals surface area contributed by atoms with Gasteiger partial charge in [-0.3, -0.25) is 18.7 Å². The summed E-state index contributed by atoms with van der Waals surface area (Å²) in [5.74, 6) is 0.430. The van der Waals surface area contributed by atoms with Crippen LogP contribution in [0.25, 0.3) is 5.78 Å². The van der Waals surface area contributed by atoms with Crippen molar-refractivity contribution < 1.29 is 4.79 Å². The predicted molar refractivity (Wildman–Crippen MR) is 86.6 cm³/mol. The first kappa shape index (κ1) is 14.7. The molecule has 1 amide bonds. The third kappa shape index (κ3) is 2.31. The number of rotatable bonds is 2. The van der Waals surface area contributed by atoms with E-state index in [4.69, 9.17) is 0 Å². The summed E-state index contributed by atoms with van der Waals surface area (Å²) < 4.78 is 3.04. The van der Waals surface area contributed by atoms with Crippen LogP contribution in [0.1, 0.15) is 41.5 Å². The van der Waals surface area contributed by atoms with Gasteiger partial charge < -0.3 is 9.88 Å². The fourth-order valence-electron chi connectivity index (χ4n) is 3.35. The number of nitrogens with one attached hydrogen (secondary N) is 1. The lowest BCUT2D eigenvalue weighted by Gasteiger charge is -2.35. The molecule has 0 radical (unpaired) electrons. The van der Waals surface area contributed by atoms with Gasteiger partial charge in [0.25, 0.3) is 11.5 Å². The number of H-pyrrole nitrogens is 1. The van der Waals surface area contributed by atoms with Crippen molar-refractivity contribution in [3.05, 3.63) is 52.5 Å². The average molecular weight is 326 g/mol. The van der Waals surface area contributed by atoms with E-state index in [-0.39, 0.29) is 17.5 Å². The maximum atomic E-state index is 12.9. The molecule has 3 aromatic rings. The Hall–Kier alpha value is -2.90. The van der Waals surface area contributed by atoms with E-state index < -0.39 is 0 Å². The van der Waals surface area contributed by atoms with Crippen molar-refractivity contribution in [3.63, 3.8) is 0 Å². The molecule has 124 valence electrons. The fourth-order valence-corrected chi connectivity index (χ4v) is 3.35. The molecule has 3 aromatic heterocycles. The van der Waals surface area contributed by atoms with E-state index in [0.717, 1.165) is 25.0 Å². The minimum absolute atomic E-state index is 0.0660. The minimum atomic E-state index is -0.157. The third-order valence-corrected chi connectivity index (χ3v) is 4.58. The van der Waals surface area contributed by atoms with Crippen LogP contribution in [0.3, 0.4) is 0 Å². The van der Waals surface area contributed by atoms with Crippen LogP contribution in [0.5, 0.6) is 0 Å². The van der Waals surface area contributed by atoms with Crippen LogP contribution in [0, 0.1) is 0 Å². The molecule has 1 saturated heterocycles. The van der Waals surface area contributed by atoms with E-state index in [1.165, 1.54) is 4.40 Å². The molecule has 0 aliphatic carbocycles. The molecule has 1 atom stereocenters. The summed E-state index contributed by atoms with van der Waals surface area (Å²) in [6, 6.07) is 3.12. The van der Waals surface area contributed by atoms with Crippen molar-refractivity contribution >= 4 is 11.7 Å². The van der Waals surface area contributed by atoms with Gasteiger partial charge >= 0.3 is 0 Å². The van der Waals surface area contributed by atoms with E-state index in [0.29, 0.717) is 18.0 Å². The van der Waals surface area contributed by atoms with Crippen LogP contribution in [0.15, 0.2) is 35.5 Å². The molecule has 1 N–H and O–H groups in total. The van der Waals surface area contributed by atoms with Crippen LogP contribution in [0.2, 0.25) is 0 Å². The second-order valence-electron chi connectivity index (χ2n) is 6.03. The number of fused-ring (bicyclic) bond motifs is 1. The van der Waals surface area contributed by atoms with Gasteiger partial charge in [-0.25, -0.2) is 4.98 Å². The summed E-state index contributed by atoms with van der Waals surface area (Å²) in [7, 11) is 1.75. The number of aromatic nitrogens is 5. The summed E-state index contributed by atoms with van der Waals surface area (Å²) in [5.41, 5.74) is 1.13. The van der Waals surface area contributed by atoms with Crippen LogP contribution >= 0.6 is 0 Å². The maximum Gasteiger partial charge on any atom is 0.272 e. The highest BCUT2D eigenvalue weighted by Gasteiger charge is 2.31. The standard InChI is InChI=1S/C16H18N6O2/c1-20-13(5-6-18-20)15(24)21-8-3-2-4-12(21)11-10-14(23)22-9-7-17-16(22)19-11/h5-7,9-10,12H,2-4,8H2,1H3,(H,17,19)/t12-/m0/s1. The Balaban J connectivity index is 1.74. The smallest absolute Gasteiger partial charge is 0.272 e. The zero-order valence-electron chi connectivity index (χ0n) is 13.3. The Bertz CT molecular complexity index is 953. The van der Waals surface area contributed by atoms with Gasteiger partial charge in [0.2, 0.25) is 5.78 Å². The van der Waals surface area contributed by atoms with Crippen molar-refractivity contribution in [2.75, 3.05) is 6.54 Å². The van der Waals surface area contributed by atoms with E-state index in [1.807, 2.05) is 4.90 Å². The van der Waals surface area contributed by atoms with Gasteiger partial charge in [-0.1, -0.05) is 0 Å². The molecule has 0 spiro atoms. The molecule has 1 fully saturated rings. The molecule has 24 heavy (non-hydrogen) atoms. The molecule has 8 heteroatoms. The Labute approximate surface area is 137 Å². The molecular weight excluding hydrogens is 308 g/mol. The molecule has 0 bridgehead atoms. The lowest BCUT2D eigenvalue weighted by atomic mass is 9.98. The first-order valence-electron chi connectivity index (χ1n) is 8.00. The molecular formula is C16H18N6O2. The van der Waals surface area contributed by atoms with Crippen LogP contribution < -0.4 is 5.56 Å². The van der Waals surface area contributed by atoms with Gasteiger partial charge in [-0.15, -0.1) is 0 Å². The van der Waals surface area contributed by atoms with Gasteiger partial charge in [0.15, 0.2) is 0 Å². The van der Waals surface area contributed by atoms with Crippen molar-refractivity contribution in [2.45, 2.75) is 25.3 Å². The number of imidazole rings is 1. The first-order chi connectivity index (χ1) is 11.6. The Morgan fingerprint density at radius 1 is 1.33 bits per heavy atom. The van der Waals surface area contributed by atoms with Gasteiger partial charge in [-0.2, -0.15) is 5.10 Å². The van der Waals surface area contributed by atoms with Gasteiger partial charge in [0.1, 0.15) is 5.69 Å². The normalized spacial score (nSPS) is 18.2. The average Bonchev–Trinajstić information content (AvgIpc) is 3.23. The highest BCUT2D eigenvalue weighted by atomic mass is 16.2. The first-order valence-corrected chi connectivity index (χ1v) is 8.00. The number of aryl methyl sites for hydroxylation is 1. The van der Waals surface area contributed by atoms with Crippen molar-refractivity contribution in [1.29, 1.82) is 0 Å². The predicted octanol–water partition coefficient (Wildman–Crippen LogP) is 1.12. The van der Waals surface area contributed by atoms with Crippen LogP contribution in [-0.4, -0.2) is 41.5 Å². The highest BCUT2D eigenvalue weighted by molar-refractivity contribution is 5.92. The van der Waals surface area contributed by atoms with E-state index in [9.17, 15) is 9.59 Å². The largest absolute Gasteiger partial charge is 0.329 e. The van der Waals surface area contributed by atoms with Gasteiger partial charge in [0.05, 0.1) is 6.04 Å². The number of nitrogens with zero attached hydrogens (tertiary/aromatic N) is 5. The number of likely N-dealkylation sites (tertiary alicyclic amines) is 1. The third-order valence-electron chi connectivity index (χ3n) is 4.58. The lowest BCUT2D eigenvalue weighted by Crippen LogP contribution is -2.40. The molecule has 4 heterocycles. The van der Waals surface area contributed by atoms with E-state index in [2.05, 4.69) is 15.1 Å². The molecule has 0 unspecified atom stereocenters. The Morgan fingerprint density at radius 2 is 2.21 bits per heavy atom. The van der Waals surface area contributed by atoms with Crippen LogP contribution in [0.4, 0.5) is 0 Å². The van der Waals surface area contributed by atoms with Crippen molar-refractivity contribution in [3.8, 4) is 0 Å². The zero-order valence-corrected chi connectivity index (χ0v) is 13.3. The number of hydrogen-bond acceptors (Lipinski definition) is 4. The quantitative estimate of drug-likeness (QED) is 0.764. The van der Waals surface area contributed by atoms with Crippen molar-refractivity contribution in [2.24, 2.45) is 7.05 Å². The second kappa shape index (κ2) is 5.63. The molecule has 0 aromatic carbocycles. The highest BCUT2D eigenvalue weighted by Crippen LogP contribution is 2.30. The number of hydrogen-bond donors (Lipinski definition) is 1. The number of piperidine rings is 1. The Kier molecular flexibility index (Phi) is 3.44. The topological polar surface area (TPSA) is 88.3 Å². The van der Waals surface area contributed by atoms with Gasteiger partial charge in [0, 0.05) is 43.9 Å². The lowest BCUT2D eigenvalue weighted by molar-refractivity contribution is 0.0594. The fraction of sp³-hybridized carbons (Fsp3) is 0.375. The number of aromatic amines is 1. The summed E-state index contributed by atoms with van der Waals surface area (Å²) >= 11 is 0. The molecule has 4 rings (SSSR count). The molecule has 1 aliphatic rings. The van der Waals surface area contributed by atoms with E-state index >= 15 is 0 Å². The summed E-state index contributed by atoms with van der Waals surface area (Å²) in [6.07, 6.45) is 7.60. The number of amides is 1. The maximum absolute atomic E-state index is 12.9. The number of carbonyl (C=O) groups excluding carboxylic acids is 1. The minimum Gasteiger partial charge on any atom is -0.329 e. The van der Waals surface area contributed by atoms with E-state index in [1.54, 1.807) is 42.5 Å². The van der Waals surface area contributed by atoms with Crippen molar-refractivity contribution in [1.82, 2.24) is 29.0 Å². The van der Waals surface area contributed by atoms with Crippen LogP contribution in [-0.2, 0) is 7.05 Å². The summed E-state index contributed by atoms with van der Waals surface area (Å²) in [5, 5.41) is 4.08. The molecule has 0 saturated carbocycles. The summed E-state index contributed by atoms with van der Waals surface area (Å²) in [4.78, 5) is 34.3.